The standard InChI is InChI=1S/C16H28N2O2S/c1-3-14(8-9-17)6-7-16(19)18(10-11-20-2)13-15-5-4-12-21-15/h4-5,12,14H,3,6-11,13,17H2,1-2H3. The molecule has 0 aliphatic carbocycles. The smallest absolute Gasteiger partial charge is 0.222 e. The molecule has 0 saturated heterocycles. The first-order valence-corrected chi connectivity index (χ1v) is 8.58. The number of carbonyl (C=O) groups excluding carboxylic acids is 1. The summed E-state index contributed by atoms with van der Waals surface area (Å²) in [5, 5.41) is 2.04. The lowest BCUT2D eigenvalue weighted by atomic mass is 9.96. The van der Waals surface area contributed by atoms with Gasteiger partial charge < -0.3 is 15.4 Å². The zero-order valence-corrected chi connectivity index (χ0v) is 14.0. The maximum Gasteiger partial charge on any atom is 0.222 e. The van der Waals surface area contributed by atoms with E-state index in [0.29, 0.717) is 38.6 Å². The van der Waals surface area contributed by atoms with E-state index in [1.165, 1.54) is 4.88 Å². The molecule has 1 atom stereocenters. The van der Waals surface area contributed by atoms with E-state index in [-0.39, 0.29) is 5.91 Å². The van der Waals surface area contributed by atoms with Gasteiger partial charge in [0.25, 0.3) is 0 Å². The molecule has 1 aromatic heterocycles. The third kappa shape index (κ3) is 7.07. The summed E-state index contributed by atoms with van der Waals surface area (Å²) < 4.78 is 5.12. The largest absolute Gasteiger partial charge is 0.383 e. The number of nitrogens with two attached hydrogens (primary N) is 1. The third-order valence-corrected chi connectivity index (χ3v) is 4.62. The SMILES string of the molecule is CCC(CCN)CCC(=O)N(CCOC)Cc1cccs1. The minimum Gasteiger partial charge on any atom is -0.383 e. The Bertz CT molecular complexity index is 382. The number of thiophene rings is 1. The van der Waals surface area contributed by atoms with Gasteiger partial charge in [-0.1, -0.05) is 19.4 Å². The maximum atomic E-state index is 12.4. The number of nitrogens with zero attached hydrogens (tertiary/aromatic N) is 1. The fraction of sp³-hybridized carbons (Fsp3) is 0.688. The number of carbonyl (C=O) groups is 1. The van der Waals surface area contributed by atoms with E-state index in [9.17, 15) is 4.79 Å². The number of methoxy groups -OCH3 is 1. The Morgan fingerprint density at radius 3 is 2.86 bits per heavy atom. The zero-order valence-electron chi connectivity index (χ0n) is 13.2. The molecule has 21 heavy (non-hydrogen) atoms. The van der Waals surface area contributed by atoms with Crippen LogP contribution in [-0.2, 0) is 16.1 Å². The Labute approximate surface area is 132 Å². The van der Waals surface area contributed by atoms with Crippen LogP contribution in [0.3, 0.4) is 0 Å². The molecule has 1 rings (SSSR count). The lowest BCUT2D eigenvalue weighted by Gasteiger charge is -2.23. The molecule has 120 valence electrons. The first kappa shape index (κ1) is 18.1. The van der Waals surface area contributed by atoms with E-state index in [2.05, 4.69) is 13.0 Å². The van der Waals surface area contributed by atoms with Crippen LogP contribution in [0.4, 0.5) is 0 Å². The van der Waals surface area contributed by atoms with Crippen LogP contribution >= 0.6 is 11.3 Å². The number of amides is 1. The molecule has 1 amide bonds. The fourth-order valence-corrected chi connectivity index (χ4v) is 3.08. The fourth-order valence-electron chi connectivity index (χ4n) is 2.36. The molecule has 1 unspecified atom stereocenters. The lowest BCUT2D eigenvalue weighted by Crippen LogP contribution is -2.33. The molecule has 0 spiro atoms. The summed E-state index contributed by atoms with van der Waals surface area (Å²) in [6.07, 6.45) is 3.63. The summed E-state index contributed by atoms with van der Waals surface area (Å²) in [6.45, 7) is 4.79. The van der Waals surface area contributed by atoms with Crippen LogP contribution in [-0.4, -0.2) is 37.6 Å². The predicted octanol–water partition coefficient (Wildman–Crippen LogP) is 2.88. The van der Waals surface area contributed by atoms with Crippen molar-refractivity contribution in [3.8, 4) is 0 Å². The highest BCUT2D eigenvalue weighted by molar-refractivity contribution is 7.09. The highest BCUT2D eigenvalue weighted by atomic mass is 32.1. The Hall–Kier alpha value is -0.910. The highest BCUT2D eigenvalue weighted by Crippen LogP contribution is 2.17. The Morgan fingerprint density at radius 2 is 2.29 bits per heavy atom. The molecule has 0 radical (unpaired) electrons. The molecule has 5 heteroatoms. The van der Waals surface area contributed by atoms with E-state index >= 15 is 0 Å². The van der Waals surface area contributed by atoms with Crippen molar-refractivity contribution in [2.75, 3.05) is 26.8 Å². The second kappa shape index (κ2) is 10.8. The predicted molar refractivity (Wildman–Crippen MR) is 88.3 cm³/mol. The number of hydrogen-bond acceptors (Lipinski definition) is 4. The monoisotopic (exact) mass is 312 g/mol. The second-order valence-corrected chi connectivity index (χ2v) is 6.31. The van der Waals surface area contributed by atoms with Crippen LogP contribution in [0.1, 0.15) is 37.5 Å². The van der Waals surface area contributed by atoms with E-state index in [1.807, 2.05) is 16.3 Å². The molecule has 0 aliphatic rings. The van der Waals surface area contributed by atoms with Crippen LogP contribution < -0.4 is 5.73 Å². The van der Waals surface area contributed by atoms with Gasteiger partial charge in [-0.05, 0) is 36.8 Å². The normalized spacial score (nSPS) is 12.3. The van der Waals surface area contributed by atoms with Gasteiger partial charge in [-0.3, -0.25) is 4.79 Å². The molecule has 0 aromatic carbocycles. The first-order chi connectivity index (χ1) is 10.2. The quantitative estimate of drug-likeness (QED) is 0.683. The van der Waals surface area contributed by atoms with E-state index in [4.69, 9.17) is 10.5 Å². The molecule has 1 aromatic rings. The lowest BCUT2D eigenvalue weighted by molar-refractivity contribution is -0.132. The van der Waals surface area contributed by atoms with Gasteiger partial charge in [0, 0.05) is 25.0 Å². The average Bonchev–Trinajstić information content (AvgIpc) is 3.00. The van der Waals surface area contributed by atoms with Crippen molar-refractivity contribution in [2.24, 2.45) is 11.7 Å². The molecule has 2 N–H and O–H groups in total. The van der Waals surface area contributed by atoms with E-state index in [1.54, 1.807) is 18.4 Å². The maximum absolute atomic E-state index is 12.4. The van der Waals surface area contributed by atoms with Gasteiger partial charge in [0.2, 0.25) is 5.91 Å². The average molecular weight is 312 g/mol. The van der Waals surface area contributed by atoms with Crippen LogP contribution in [0.2, 0.25) is 0 Å². The van der Waals surface area contributed by atoms with Gasteiger partial charge in [0.15, 0.2) is 0 Å². The first-order valence-electron chi connectivity index (χ1n) is 7.70. The summed E-state index contributed by atoms with van der Waals surface area (Å²) in [5.74, 6) is 0.779. The summed E-state index contributed by atoms with van der Waals surface area (Å²) in [5.41, 5.74) is 5.62. The van der Waals surface area contributed by atoms with Crippen LogP contribution in [0.25, 0.3) is 0 Å². The van der Waals surface area contributed by atoms with Gasteiger partial charge in [-0.25, -0.2) is 0 Å². The van der Waals surface area contributed by atoms with Crippen molar-refractivity contribution >= 4 is 17.2 Å². The minimum atomic E-state index is 0.218. The molecule has 0 bridgehead atoms. The number of rotatable bonds is 11. The van der Waals surface area contributed by atoms with E-state index in [0.717, 1.165) is 19.3 Å². The van der Waals surface area contributed by atoms with E-state index < -0.39 is 0 Å². The second-order valence-electron chi connectivity index (χ2n) is 5.28. The number of hydrogen-bond donors (Lipinski definition) is 1. The molecule has 0 fully saturated rings. The van der Waals surface area contributed by atoms with Crippen molar-refractivity contribution in [3.05, 3.63) is 22.4 Å². The minimum absolute atomic E-state index is 0.218. The summed E-state index contributed by atoms with van der Waals surface area (Å²) in [4.78, 5) is 15.6. The third-order valence-electron chi connectivity index (χ3n) is 3.76. The van der Waals surface area contributed by atoms with Crippen molar-refractivity contribution in [2.45, 2.75) is 39.2 Å². The van der Waals surface area contributed by atoms with Gasteiger partial charge in [0.1, 0.15) is 0 Å². The molecule has 0 saturated carbocycles. The van der Waals surface area contributed by atoms with Crippen molar-refractivity contribution < 1.29 is 9.53 Å². The Balaban J connectivity index is 2.49. The van der Waals surface area contributed by atoms with Crippen molar-refractivity contribution in [1.29, 1.82) is 0 Å². The Kier molecular flexibility index (Phi) is 9.30. The Morgan fingerprint density at radius 1 is 1.48 bits per heavy atom. The summed E-state index contributed by atoms with van der Waals surface area (Å²) in [6, 6.07) is 4.09. The topological polar surface area (TPSA) is 55.6 Å². The molecular formula is C16H28N2O2S. The van der Waals surface area contributed by atoms with Gasteiger partial charge in [0.05, 0.1) is 13.2 Å². The molecule has 0 aliphatic heterocycles. The van der Waals surface area contributed by atoms with Crippen molar-refractivity contribution in [1.82, 2.24) is 4.90 Å². The van der Waals surface area contributed by atoms with Gasteiger partial charge in [-0.15, -0.1) is 11.3 Å². The molecular weight excluding hydrogens is 284 g/mol. The molecule has 4 nitrogen and oxygen atoms in total. The van der Waals surface area contributed by atoms with Gasteiger partial charge in [-0.2, -0.15) is 0 Å². The van der Waals surface area contributed by atoms with Gasteiger partial charge >= 0.3 is 0 Å². The highest BCUT2D eigenvalue weighted by Gasteiger charge is 2.16. The van der Waals surface area contributed by atoms with Crippen LogP contribution in [0.15, 0.2) is 17.5 Å². The summed E-state index contributed by atoms with van der Waals surface area (Å²) >= 11 is 1.69. The summed E-state index contributed by atoms with van der Waals surface area (Å²) in [7, 11) is 1.67. The van der Waals surface area contributed by atoms with Crippen LogP contribution in [0.5, 0.6) is 0 Å². The molecule has 1 heterocycles. The van der Waals surface area contributed by atoms with Crippen molar-refractivity contribution in [3.63, 3.8) is 0 Å². The zero-order chi connectivity index (χ0) is 15.5. The van der Waals surface area contributed by atoms with Crippen LogP contribution in [0, 0.1) is 5.92 Å². The number of ether oxygens (including phenoxy) is 1.